The molecule has 1 N–H and O–H groups in total. The molecule has 164 valence electrons. The van der Waals surface area contributed by atoms with Gasteiger partial charge in [-0.3, -0.25) is 4.90 Å². The number of nitrogens with zero attached hydrogens (tertiary/aromatic N) is 1. The van der Waals surface area contributed by atoms with Crippen molar-refractivity contribution in [2.45, 2.75) is 43.0 Å². The van der Waals surface area contributed by atoms with Gasteiger partial charge in [-0.2, -0.15) is 0 Å². The van der Waals surface area contributed by atoms with E-state index in [0.29, 0.717) is 17.4 Å². The van der Waals surface area contributed by atoms with E-state index in [1.807, 2.05) is 13.8 Å². The van der Waals surface area contributed by atoms with Crippen LogP contribution in [0.15, 0.2) is 46.2 Å². The number of piperidine rings is 1. The summed E-state index contributed by atoms with van der Waals surface area (Å²) in [5, 5.41) is 0. The zero-order valence-corrected chi connectivity index (χ0v) is 19.9. The monoisotopic (exact) mass is 448 g/mol. The van der Waals surface area contributed by atoms with Gasteiger partial charge in [-0.1, -0.05) is 18.2 Å². The molecular formula is C23H32N2O3S2. The maximum absolute atomic E-state index is 12.8. The van der Waals surface area contributed by atoms with Gasteiger partial charge in [0.25, 0.3) is 0 Å². The molecule has 2 aromatic carbocycles. The van der Waals surface area contributed by atoms with Crippen molar-refractivity contribution < 1.29 is 13.2 Å². The summed E-state index contributed by atoms with van der Waals surface area (Å²) in [5.74, 6) is 1.11. The molecule has 5 nitrogen and oxygen atoms in total. The highest BCUT2D eigenvalue weighted by atomic mass is 32.2. The molecule has 0 spiro atoms. The van der Waals surface area contributed by atoms with E-state index in [1.54, 1.807) is 31.0 Å². The Hall–Kier alpha value is -1.54. The lowest BCUT2D eigenvalue weighted by Gasteiger charge is -2.32. The number of nitrogens with one attached hydrogen (secondary N) is 1. The largest absolute Gasteiger partial charge is 0.496 e. The van der Waals surface area contributed by atoms with Crippen LogP contribution in [0.3, 0.4) is 0 Å². The summed E-state index contributed by atoms with van der Waals surface area (Å²) < 4.78 is 33.8. The van der Waals surface area contributed by atoms with Crippen LogP contribution in [0, 0.1) is 19.8 Å². The molecule has 1 fully saturated rings. The van der Waals surface area contributed by atoms with Gasteiger partial charge in [-0.15, -0.1) is 11.8 Å². The summed E-state index contributed by atoms with van der Waals surface area (Å²) in [6.07, 6.45) is 4.12. The van der Waals surface area contributed by atoms with E-state index >= 15 is 0 Å². The first kappa shape index (κ1) is 23.1. The van der Waals surface area contributed by atoms with Crippen LogP contribution in [-0.2, 0) is 16.6 Å². The quantitative estimate of drug-likeness (QED) is 0.613. The zero-order valence-electron chi connectivity index (χ0n) is 18.3. The summed E-state index contributed by atoms with van der Waals surface area (Å²) in [6, 6.07) is 11.9. The van der Waals surface area contributed by atoms with Crippen LogP contribution < -0.4 is 9.46 Å². The van der Waals surface area contributed by atoms with Gasteiger partial charge in [-0.25, -0.2) is 13.1 Å². The molecule has 0 radical (unpaired) electrons. The maximum atomic E-state index is 12.8. The standard InChI is InChI=1S/C23H32N2O3S2/c1-17-13-21(14-18(2)23(17)28-3)30(26,27)24-15-19-9-11-25(12-10-19)16-20-7-5-6-8-22(20)29-4/h5-8,13-14,19,24H,9-12,15-16H2,1-4H3. The van der Waals surface area contributed by atoms with Gasteiger partial charge in [0, 0.05) is 18.0 Å². The number of hydrogen-bond donors (Lipinski definition) is 1. The summed E-state index contributed by atoms with van der Waals surface area (Å²) >= 11 is 1.79. The van der Waals surface area contributed by atoms with Crippen LogP contribution in [0.4, 0.5) is 0 Å². The van der Waals surface area contributed by atoms with Gasteiger partial charge in [-0.05, 0) is 86.8 Å². The van der Waals surface area contributed by atoms with Gasteiger partial charge in [0.2, 0.25) is 10.0 Å². The molecule has 3 rings (SSSR count). The third-order valence-electron chi connectivity index (χ3n) is 5.80. The maximum Gasteiger partial charge on any atom is 0.240 e. The highest BCUT2D eigenvalue weighted by molar-refractivity contribution is 7.98. The number of sulfonamides is 1. The number of aryl methyl sites for hydroxylation is 2. The lowest BCUT2D eigenvalue weighted by molar-refractivity contribution is 0.177. The van der Waals surface area contributed by atoms with Crippen molar-refractivity contribution in [3.05, 3.63) is 53.1 Å². The Labute approximate surface area is 185 Å². The number of ether oxygens (including phenoxy) is 1. The van der Waals surface area contributed by atoms with Crippen molar-refractivity contribution in [3.63, 3.8) is 0 Å². The first-order chi connectivity index (χ1) is 14.3. The van der Waals surface area contributed by atoms with E-state index in [-0.39, 0.29) is 0 Å². The SMILES string of the molecule is COc1c(C)cc(S(=O)(=O)NCC2CCN(Cc3ccccc3SC)CC2)cc1C. The van der Waals surface area contributed by atoms with Gasteiger partial charge in [0.1, 0.15) is 5.75 Å². The third kappa shape index (κ3) is 5.58. The number of likely N-dealkylation sites (tertiary alicyclic amines) is 1. The van der Waals surface area contributed by atoms with E-state index < -0.39 is 10.0 Å². The molecule has 2 aromatic rings. The lowest BCUT2D eigenvalue weighted by atomic mass is 9.97. The average Bonchev–Trinajstić information content (AvgIpc) is 2.73. The Morgan fingerprint density at radius 2 is 1.77 bits per heavy atom. The minimum atomic E-state index is -3.52. The second-order valence-electron chi connectivity index (χ2n) is 7.97. The summed E-state index contributed by atoms with van der Waals surface area (Å²) in [7, 11) is -1.92. The Balaban J connectivity index is 1.54. The fraction of sp³-hybridized carbons (Fsp3) is 0.478. The molecule has 1 aliphatic heterocycles. The highest BCUT2D eigenvalue weighted by Gasteiger charge is 2.23. The van der Waals surface area contributed by atoms with E-state index in [9.17, 15) is 8.42 Å². The van der Waals surface area contributed by atoms with E-state index in [0.717, 1.165) is 49.4 Å². The molecule has 1 aliphatic rings. The van der Waals surface area contributed by atoms with Crippen molar-refractivity contribution in [1.82, 2.24) is 9.62 Å². The number of rotatable bonds is 8. The molecule has 1 heterocycles. The van der Waals surface area contributed by atoms with Crippen LogP contribution in [0.1, 0.15) is 29.5 Å². The van der Waals surface area contributed by atoms with Crippen molar-refractivity contribution >= 4 is 21.8 Å². The van der Waals surface area contributed by atoms with Gasteiger partial charge >= 0.3 is 0 Å². The Bertz CT molecular complexity index is 945. The molecule has 0 saturated carbocycles. The summed E-state index contributed by atoms with van der Waals surface area (Å²) in [6.45, 7) is 7.18. The van der Waals surface area contributed by atoms with Crippen LogP contribution in [0.25, 0.3) is 0 Å². The topological polar surface area (TPSA) is 58.6 Å². The summed E-state index contributed by atoms with van der Waals surface area (Å²) in [5.41, 5.74) is 3.03. The van der Waals surface area contributed by atoms with Crippen LogP contribution >= 0.6 is 11.8 Å². The van der Waals surface area contributed by atoms with Crippen molar-refractivity contribution in [3.8, 4) is 5.75 Å². The Kier molecular flexibility index (Phi) is 7.85. The van der Waals surface area contributed by atoms with E-state index in [1.165, 1.54) is 10.5 Å². The molecule has 0 aromatic heterocycles. The van der Waals surface area contributed by atoms with Gasteiger partial charge < -0.3 is 4.74 Å². The molecule has 1 saturated heterocycles. The average molecular weight is 449 g/mol. The van der Waals surface area contributed by atoms with Gasteiger partial charge in [0.15, 0.2) is 0 Å². The van der Waals surface area contributed by atoms with Crippen molar-refractivity contribution in [2.75, 3.05) is 33.0 Å². The number of benzene rings is 2. The zero-order chi connectivity index (χ0) is 21.7. The lowest BCUT2D eigenvalue weighted by Crippen LogP contribution is -2.38. The van der Waals surface area contributed by atoms with Crippen LogP contribution in [-0.4, -0.2) is 46.3 Å². The minimum Gasteiger partial charge on any atom is -0.496 e. The Morgan fingerprint density at radius 3 is 2.37 bits per heavy atom. The number of methoxy groups -OCH3 is 1. The summed E-state index contributed by atoms with van der Waals surface area (Å²) in [4.78, 5) is 4.11. The molecule has 7 heteroatoms. The molecule has 0 bridgehead atoms. The second-order valence-corrected chi connectivity index (χ2v) is 10.6. The molecule has 0 atom stereocenters. The fourth-order valence-corrected chi connectivity index (χ4v) is 6.02. The molecule has 0 unspecified atom stereocenters. The number of thioether (sulfide) groups is 1. The predicted octanol–water partition coefficient (Wildman–Crippen LogP) is 4.22. The van der Waals surface area contributed by atoms with Crippen LogP contribution in [0.2, 0.25) is 0 Å². The van der Waals surface area contributed by atoms with E-state index in [2.05, 4.69) is 40.1 Å². The predicted molar refractivity (Wildman–Crippen MR) is 124 cm³/mol. The molecule has 0 amide bonds. The fourth-order valence-electron chi connectivity index (χ4n) is 4.12. The van der Waals surface area contributed by atoms with E-state index in [4.69, 9.17) is 4.74 Å². The number of hydrogen-bond acceptors (Lipinski definition) is 5. The molecule has 0 aliphatic carbocycles. The molecule has 30 heavy (non-hydrogen) atoms. The first-order valence-corrected chi connectivity index (χ1v) is 13.0. The normalized spacial score (nSPS) is 16.0. The smallest absolute Gasteiger partial charge is 0.240 e. The molecular weight excluding hydrogens is 416 g/mol. The van der Waals surface area contributed by atoms with Crippen LogP contribution in [0.5, 0.6) is 5.75 Å². The second kappa shape index (κ2) is 10.2. The van der Waals surface area contributed by atoms with Crippen molar-refractivity contribution in [2.24, 2.45) is 5.92 Å². The highest BCUT2D eigenvalue weighted by Crippen LogP contribution is 2.27. The Morgan fingerprint density at radius 1 is 1.13 bits per heavy atom. The minimum absolute atomic E-state index is 0.310. The van der Waals surface area contributed by atoms with Gasteiger partial charge in [0.05, 0.1) is 12.0 Å². The third-order valence-corrected chi connectivity index (χ3v) is 8.05. The first-order valence-electron chi connectivity index (χ1n) is 10.3. The van der Waals surface area contributed by atoms with Crippen molar-refractivity contribution in [1.29, 1.82) is 0 Å².